The van der Waals surface area contributed by atoms with E-state index in [-0.39, 0.29) is 0 Å². The fraction of sp³-hybridized carbons (Fsp3) is 0.143. The van der Waals surface area contributed by atoms with E-state index in [0.717, 1.165) is 17.5 Å². The zero-order valence-corrected chi connectivity index (χ0v) is 12.5. The number of rotatable bonds is 1. The second-order valence-electron chi connectivity index (χ2n) is 5.37. The van der Waals surface area contributed by atoms with Crippen LogP contribution in [0.25, 0.3) is 10.8 Å². The summed E-state index contributed by atoms with van der Waals surface area (Å²) in [4.78, 5) is 0. The smallest absolute Gasteiger partial charge is 0.0255 e. The minimum atomic E-state index is 1.06. The minimum Gasteiger partial charge on any atom is -0.0617 e. The van der Waals surface area contributed by atoms with Crippen LogP contribution < -0.4 is 0 Å². The Morgan fingerprint density at radius 2 is 1.33 bits per heavy atom. The minimum absolute atomic E-state index is 1.06. The summed E-state index contributed by atoms with van der Waals surface area (Å²) in [5.41, 5.74) is 4.76. The molecule has 0 aromatic heterocycles. The quantitative estimate of drug-likeness (QED) is 0.539. The lowest BCUT2D eigenvalue weighted by Gasteiger charge is -2.01. The molecule has 0 nitrogen and oxygen atoms in total. The molecule has 0 aliphatic heterocycles. The Balaban J connectivity index is 1.93. The Morgan fingerprint density at radius 3 is 2.10 bits per heavy atom. The van der Waals surface area contributed by atoms with E-state index < -0.39 is 0 Å². The van der Waals surface area contributed by atoms with Crippen LogP contribution in [0.2, 0.25) is 0 Å². The molecule has 3 aromatic carbocycles. The van der Waals surface area contributed by atoms with Gasteiger partial charge in [0.2, 0.25) is 0 Å². The van der Waals surface area contributed by atoms with Gasteiger partial charge in [-0.3, -0.25) is 0 Å². The van der Waals surface area contributed by atoms with Gasteiger partial charge in [-0.25, -0.2) is 0 Å². The lowest BCUT2D eigenvalue weighted by Crippen LogP contribution is -1.82. The van der Waals surface area contributed by atoms with E-state index in [4.69, 9.17) is 0 Å². The molecule has 0 aliphatic carbocycles. The molecule has 0 radical (unpaired) electrons. The maximum Gasteiger partial charge on any atom is 0.0255 e. The molecule has 0 saturated heterocycles. The highest BCUT2D eigenvalue weighted by molar-refractivity contribution is 5.84. The summed E-state index contributed by atoms with van der Waals surface area (Å²) >= 11 is 0. The third kappa shape index (κ3) is 3.15. The van der Waals surface area contributed by atoms with Crippen molar-refractivity contribution >= 4 is 10.8 Å². The van der Waals surface area contributed by atoms with E-state index in [2.05, 4.69) is 86.4 Å². The van der Waals surface area contributed by atoms with Crippen molar-refractivity contribution in [2.45, 2.75) is 20.3 Å². The van der Waals surface area contributed by atoms with Crippen molar-refractivity contribution in [3.8, 4) is 11.8 Å². The van der Waals surface area contributed by atoms with Crippen molar-refractivity contribution in [1.82, 2.24) is 0 Å². The molecule has 21 heavy (non-hydrogen) atoms. The molecule has 0 fully saturated rings. The van der Waals surface area contributed by atoms with Gasteiger partial charge in [0.15, 0.2) is 0 Å². The maximum atomic E-state index is 3.25. The standard InChI is InChI=1S/C21H18/c1-3-17-10-12-21-15-19(11-13-20(21)14-17)9-8-18-6-4-16(2)5-7-18/h4-7,10-15H,3H2,1-2H3. The predicted octanol–water partition coefficient (Wildman–Crippen LogP) is 5.11. The van der Waals surface area contributed by atoms with Crippen LogP contribution >= 0.6 is 0 Å². The van der Waals surface area contributed by atoms with Crippen LogP contribution in [0.4, 0.5) is 0 Å². The van der Waals surface area contributed by atoms with Crippen LogP contribution in [0, 0.1) is 18.8 Å². The van der Waals surface area contributed by atoms with E-state index in [1.165, 1.54) is 21.9 Å². The lowest BCUT2D eigenvalue weighted by atomic mass is 10.0. The SMILES string of the molecule is CCc1ccc2cc(C#Cc3ccc(C)cc3)ccc2c1. The second kappa shape index (κ2) is 5.85. The Labute approximate surface area is 126 Å². The van der Waals surface area contributed by atoms with Crippen molar-refractivity contribution in [3.63, 3.8) is 0 Å². The van der Waals surface area contributed by atoms with Crippen molar-refractivity contribution in [2.24, 2.45) is 0 Å². The van der Waals surface area contributed by atoms with Crippen molar-refractivity contribution in [1.29, 1.82) is 0 Å². The monoisotopic (exact) mass is 270 g/mol. The summed E-state index contributed by atoms with van der Waals surface area (Å²) in [6.45, 7) is 4.27. The van der Waals surface area contributed by atoms with Gasteiger partial charge in [0, 0.05) is 11.1 Å². The van der Waals surface area contributed by atoms with Gasteiger partial charge in [-0.05, 0) is 53.9 Å². The molecular formula is C21H18. The normalized spacial score (nSPS) is 10.2. The van der Waals surface area contributed by atoms with E-state index in [1.807, 2.05) is 0 Å². The molecule has 0 aliphatic rings. The number of aryl methyl sites for hydroxylation is 2. The van der Waals surface area contributed by atoms with Gasteiger partial charge in [0.1, 0.15) is 0 Å². The molecule has 0 N–H and O–H groups in total. The van der Waals surface area contributed by atoms with Crippen molar-refractivity contribution in [3.05, 3.63) is 82.9 Å². The first-order valence-corrected chi connectivity index (χ1v) is 7.36. The van der Waals surface area contributed by atoms with Gasteiger partial charge in [0.25, 0.3) is 0 Å². The van der Waals surface area contributed by atoms with Crippen LogP contribution in [0.5, 0.6) is 0 Å². The fourth-order valence-corrected chi connectivity index (χ4v) is 2.37. The first-order chi connectivity index (χ1) is 10.2. The van der Waals surface area contributed by atoms with Crippen LogP contribution in [0.3, 0.4) is 0 Å². The first-order valence-electron chi connectivity index (χ1n) is 7.36. The Kier molecular flexibility index (Phi) is 3.75. The van der Waals surface area contributed by atoms with Gasteiger partial charge in [-0.15, -0.1) is 0 Å². The summed E-state index contributed by atoms with van der Waals surface area (Å²) in [6, 6.07) is 21.4. The molecule has 3 aromatic rings. The fourth-order valence-electron chi connectivity index (χ4n) is 2.37. The van der Waals surface area contributed by atoms with Crippen LogP contribution in [-0.2, 0) is 6.42 Å². The maximum absolute atomic E-state index is 3.25. The summed E-state index contributed by atoms with van der Waals surface area (Å²) in [5.74, 6) is 6.48. The first kappa shape index (κ1) is 13.5. The molecule has 0 amide bonds. The zero-order chi connectivity index (χ0) is 14.7. The number of hydrogen-bond acceptors (Lipinski definition) is 0. The Bertz CT molecular complexity index is 827. The molecule has 102 valence electrons. The highest BCUT2D eigenvalue weighted by atomic mass is 14.0. The van der Waals surface area contributed by atoms with Gasteiger partial charge in [0.05, 0.1) is 0 Å². The van der Waals surface area contributed by atoms with Crippen molar-refractivity contribution in [2.75, 3.05) is 0 Å². The van der Waals surface area contributed by atoms with E-state index in [0.29, 0.717) is 0 Å². The van der Waals surface area contributed by atoms with Crippen LogP contribution in [-0.4, -0.2) is 0 Å². The summed E-state index contributed by atoms with van der Waals surface area (Å²) < 4.78 is 0. The molecule has 0 atom stereocenters. The summed E-state index contributed by atoms with van der Waals surface area (Å²) in [7, 11) is 0. The number of fused-ring (bicyclic) bond motifs is 1. The zero-order valence-electron chi connectivity index (χ0n) is 12.5. The molecule has 0 unspecified atom stereocenters. The van der Waals surface area contributed by atoms with Gasteiger partial charge < -0.3 is 0 Å². The number of hydrogen-bond donors (Lipinski definition) is 0. The van der Waals surface area contributed by atoms with E-state index >= 15 is 0 Å². The molecule has 0 bridgehead atoms. The van der Waals surface area contributed by atoms with Crippen LogP contribution in [0.15, 0.2) is 60.7 Å². The Morgan fingerprint density at radius 1 is 0.714 bits per heavy atom. The third-order valence-corrected chi connectivity index (χ3v) is 3.72. The number of benzene rings is 3. The highest BCUT2D eigenvalue weighted by Crippen LogP contribution is 2.18. The van der Waals surface area contributed by atoms with Gasteiger partial charge >= 0.3 is 0 Å². The van der Waals surface area contributed by atoms with Gasteiger partial charge in [-0.2, -0.15) is 0 Å². The topological polar surface area (TPSA) is 0 Å². The van der Waals surface area contributed by atoms with E-state index in [1.54, 1.807) is 0 Å². The third-order valence-electron chi connectivity index (χ3n) is 3.72. The molecule has 0 heteroatoms. The molecule has 3 rings (SSSR count). The molecular weight excluding hydrogens is 252 g/mol. The molecule has 0 spiro atoms. The van der Waals surface area contributed by atoms with Crippen LogP contribution in [0.1, 0.15) is 29.2 Å². The predicted molar refractivity (Wildman–Crippen MR) is 90.5 cm³/mol. The summed E-state index contributed by atoms with van der Waals surface area (Å²) in [5, 5.41) is 2.54. The van der Waals surface area contributed by atoms with Crippen molar-refractivity contribution < 1.29 is 0 Å². The van der Waals surface area contributed by atoms with E-state index in [9.17, 15) is 0 Å². The molecule has 0 saturated carbocycles. The highest BCUT2D eigenvalue weighted by Gasteiger charge is 1.96. The largest absolute Gasteiger partial charge is 0.0617 e. The molecule has 0 heterocycles. The second-order valence-corrected chi connectivity index (χ2v) is 5.37. The average molecular weight is 270 g/mol. The van der Waals surface area contributed by atoms with Gasteiger partial charge in [-0.1, -0.05) is 60.7 Å². The Hall–Kier alpha value is -2.52. The average Bonchev–Trinajstić information content (AvgIpc) is 2.53. The lowest BCUT2D eigenvalue weighted by molar-refractivity contribution is 1.15. The summed E-state index contributed by atoms with van der Waals surface area (Å²) in [6.07, 6.45) is 1.07.